The number of carbonyl (C=O) groups is 4. The zero-order valence-corrected chi connectivity index (χ0v) is 36.7. The molecule has 7 heterocycles. The number of aromatic amines is 3. The molecule has 2 saturated heterocycles. The Hall–Kier alpha value is -7.04. The van der Waals surface area contributed by atoms with E-state index in [9.17, 15) is 19.2 Å². The van der Waals surface area contributed by atoms with Crippen molar-refractivity contribution in [2.24, 2.45) is 11.8 Å². The van der Waals surface area contributed by atoms with Gasteiger partial charge in [0.25, 0.3) is 0 Å². The standard InChI is InChI=1S/C47H53N9O8/c1-24(2)38(53-46(59)61-5)44(57)55-17-7-10-33(55)42-48-22-31(51-42)26-14-16-30-29(20-26)37-40(50-30)28-15-13-27(21-36(28)64-41(37)35-12-9-19-63-35)32-23-49-43(52-32)34-11-8-18-56(34)45(58)39(25(3)4)54-47(60)62-6/h9,12-16,19-25,33-34,38-39,41,50H,7-8,10-11,17-18H2,1-6H3,(H,48,51)(H,49,52)(H,53,59)(H,54,60). The summed E-state index contributed by atoms with van der Waals surface area (Å²) in [5.41, 5.74) is 7.01. The molecule has 4 amide bonds. The van der Waals surface area contributed by atoms with Crippen LogP contribution in [0.15, 0.2) is 71.6 Å². The van der Waals surface area contributed by atoms with Crippen molar-refractivity contribution in [3.63, 3.8) is 0 Å². The van der Waals surface area contributed by atoms with E-state index in [0.29, 0.717) is 36.2 Å². The molecule has 9 rings (SSSR count). The third-order valence-electron chi connectivity index (χ3n) is 12.7. The first-order valence-corrected chi connectivity index (χ1v) is 21.8. The summed E-state index contributed by atoms with van der Waals surface area (Å²) in [4.78, 5) is 75.5. The van der Waals surface area contributed by atoms with E-state index in [4.69, 9.17) is 28.6 Å². The molecule has 3 aliphatic rings. The van der Waals surface area contributed by atoms with Crippen molar-refractivity contribution in [3.8, 4) is 39.5 Å². The molecule has 5 unspecified atom stereocenters. The number of nitrogens with zero attached hydrogens (tertiary/aromatic N) is 4. The number of nitrogens with one attached hydrogen (secondary N) is 5. The minimum atomic E-state index is -0.726. The number of imidazole rings is 2. The smallest absolute Gasteiger partial charge is 0.407 e. The number of furan rings is 1. The quantitative estimate of drug-likeness (QED) is 0.0853. The Balaban J connectivity index is 0.997. The normalized spacial score (nSPS) is 19.0. The van der Waals surface area contributed by atoms with Gasteiger partial charge in [0, 0.05) is 46.2 Å². The number of aromatic nitrogens is 5. The van der Waals surface area contributed by atoms with E-state index >= 15 is 0 Å². The minimum Gasteiger partial charge on any atom is -0.477 e. The summed E-state index contributed by atoms with van der Waals surface area (Å²) in [6.45, 7) is 8.70. The zero-order chi connectivity index (χ0) is 44.8. The molecule has 2 aromatic carbocycles. The summed E-state index contributed by atoms with van der Waals surface area (Å²) in [6, 6.07) is 14.0. The van der Waals surface area contributed by atoms with Crippen molar-refractivity contribution in [2.45, 2.75) is 83.6 Å². The fraction of sp³-hybridized carbons (Fsp3) is 0.404. The lowest BCUT2D eigenvalue weighted by Gasteiger charge is -2.30. The fourth-order valence-corrected chi connectivity index (χ4v) is 9.38. The Labute approximate surface area is 369 Å². The molecule has 0 bridgehead atoms. The van der Waals surface area contributed by atoms with Crippen molar-refractivity contribution in [2.75, 3.05) is 27.3 Å². The molecule has 0 radical (unpaired) electrons. The molecule has 5 N–H and O–H groups in total. The Morgan fingerprint density at radius 1 is 0.750 bits per heavy atom. The number of benzene rings is 2. The molecule has 3 aliphatic heterocycles. The Morgan fingerprint density at radius 2 is 1.31 bits per heavy atom. The van der Waals surface area contributed by atoms with E-state index in [1.54, 1.807) is 28.5 Å². The molecule has 17 nitrogen and oxygen atoms in total. The molecule has 17 heteroatoms. The van der Waals surface area contributed by atoms with Crippen LogP contribution in [0.3, 0.4) is 0 Å². The maximum Gasteiger partial charge on any atom is 0.407 e. The maximum absolute atomic E-state index is 13.8. The molecule has 6 aromatic rings. The highest BCUT2D eigenvalue weighted by Gasteiger charge is 2.40. The molecular formula is C47H53N9O8. The van der Waals surface area contributed by atoms with Gasteiger partial charge >= 0.3 is 12.2 Å². The first kappa shape index (κ1) is 42.3. The van der Waals surface area contributed by atoms with Crippen LogP contribution < -0.4 is 15.4 Å². The number of alkyl carbamates (subject to hydrolysis) is 2. The van der Waals surface area contributed by atoms with Gasteiger partial charge < -0.3 is 54.0 Å². The highest BCUT2D eigenvalue weighted by Crippen LogP contribution is 2.49. The molecular weight excluding hydrogens is 819 g/mol. The monoisotopic (exact) mass is 871 g/mol. The second kappa shape index (κ2) is 17.3. The zero-order valence-electron chi connectivity index (χ0n) is 36.7. The fourth-order valence-electron chi connectivity index (χ4n) is 9.38. The summed E-state index contributed by atoms with van der Waals surface area (Å²) in [5, 5.41) is 6.38. The molecule has 0 aliphatic carbocycles. The lowest BCUT2D eigenvalue weighted by Crippen LogP contribution is -2.51. The van der Waals surface area contributed by atoms with Gasteiger partial charge in [0.15, 0.2) is 6.10 Å². The number of hydrogen-bond acceptors (Lipinski definition) is 10. The van der Waals surface area contributed by atoms with Crippen LogP contribution in [0.25, 0.3) is 44.7 Å². The van der Waals surface area contributed by atoms with Crippen LogP contribution in [0.5, 0.6) is 5.75 Å². The van der Waals surface area contributed by atoms with Crippen LogP contribution >= 0.6 is 0 Å². The number of amides is 4. The topological polar surface area (TPSA) is 213 Å². The van der Waals surface area contributed by atoms with Gasteiger partial charge in [-0.1, -0.05) is 39.8 Å². The van der Waals surface area contributed by atoms with Gasteiger partial charge in [-0.2, -0.15) is 0 Å². The molecule has 0 spiro atoms. The molecule has 334 valence electrons. The predicted molar refractivity (Wildman–Crippen MR) is 236 cm³/mol. The van der Waals surface area contributed by atoms with Gasteiger partial charge in [0.2, 0.25) is 11.8 Å². The molecule has 4 aromatic heterocycles. The number of carbonyl (C=O) groups excluding carboxylic acids is 4. The highest BCUT2D eigenvalue weighted by atomic mass is 16.5. The van der Waals surface area contributed by atoms with Crippen LogP contribution in [0.4, 0.5) is 9.59 Å². The number of fused-ring (bicyclic) bond motifs is 5. The number of rotatable bonds is 11. The van der Waals surface area contributed by atoms with Crippen molar-refractivity contribution < 1.29 is 37.8 Å². The molecule has 64 heavy (non-hydrogen) atoms. The third kappa shape index (κ3) is 7.72. The van der Waals surface area contributed by atoms with Gasteiger partial charge in [0.1, 0.15) is 35.2 Å². The second-order valence-corrected chi connectivity index (χ2v) is 17.4. The van der Waals surface area contributed by atoms with Gasteiger partial charge in [-0.15, -0.1) is 0 Å². The summed E-state index contributed by atoms with van der Waals surface area (Å²) >= 11 is 0. The molecule has 0 saturated carbocycles. The maximum atomic E-state index is 13.8. The first-order valence-electron chi connectivity index (χ1n) is 21.8. The second-order valence-electron chi connectivity index (χ2n) is 17.4. The van der Waals surface area contributed by atoms with E-state index in [1.807, 2.05) is 70.2 Å². The molecule has 5 atom stereocenters. The average Bonchev–Trinajstić information content (AvgIpc) is 4.15. The van der Waals surface area contributed by atoms with Crippen LogP contribution in [-0.4, -0.2) is 98.1 Å². The van der Waals surface area contributed by atoms with E-state index in [2.05, 4.69) is 31.7 Å². The van der Waals surface area contributed by atoms with Crippen molar-refractivity contribution >= 4 is 34.9 Å². The minimum absolute atomic E-state index is 0.136. The number of likely N-dealkylation sites (tertiary alicyclic amines) is 2. The van der Waals surface area contributed by atoms with Gasteiger partial charge in [0.05, 0.1) is 62.0 Å². The number of methoxy groups -OCH3 is 2. The Morgan fingerprint density at radius 3 is 1.84 bits per heavy atom. The Kier molecular flexibility index (Phi) is 11.4. The van der Waals surface area contributed by atoms with Crippen LogP contribution in [-0.2, 0) is 19.1 Å². The lowest BCUT2D eigenvalue weighted by molar-refractivity contribution is -0.136. The van der Waals surface area contributed by atoms with E-state index in [1.165, 1.54) is 14.2 Å². The van der Waals surface area contributed by atoms with Crippen LogP contribution in [0.1, 0.15) is 94.5 Å². The van der Waals surface area contributed by atoms with Gasteiger partial charge in [-0.3, -0.25) is 9.59 Å². The highest BCUT2D eigenvalue weighted by molar-refractivity contribution is 5.96. The van der Waals surface area contributed by atoms with Crippen molar-refractivity contribution in [3.05, 3.63) is 90.2 Å². The van der Waals surface area contributed by atoms with E-state index in [0.717, 1.165) is 75.9 Å². The Bertz CT molecular complexity index is 2700. The largest absolute Gasteiger partial charge is 0.477 e. The summed E-state index contributed by atoms with van der Waals surface area (Å²) in [5.74, 6) is 2.07. The SMILES string of the molecule is COC(=O)NC(C(=O)N1CCCC1c1ncc(-c2ccc3c(c2)OC(c2ccco2)c2c-3[nH]c3ccc(-c4cnc(C5CCCN5C(=O)C(NC(=O)OC)C(C)C)[nH]4)cc23)[nH]1)C(C)C. The third-order valence-corrected chi connectivity index (χ3v) is 12.7. The van der Waals surface area contributed by atoms with Crippen molar-refractivity contribution in [1.29, 1.82) is 0 Å². The van der Waals surface area contributed by atoms with Crippen LogP contribution in [0, 0.1) is 11.8 Å². The van der Waals surface area contributed by atoms with Crippen LogP contribution in [0.2, 0.25) is 0 Å². The predicted octanol–water partition coefficient (Wildman–Crippen LogP) is 7.78. The molecule has 2 fully saturated rings. The summed E-state index contributed by atoms with van der Waals surface area (Å²) in [6.07, 6.45) is 6.48. The number of hydrogen-bond donors (Lipinski definition) is 5. The summed E-state index contributed by atoms with van der Waals surface area (Å²) in [7, 11) is 2.57. The van der Waals surface area contributed by atoms with Crippen molar-refractivity contribution in [1.82, 2.24) is 45.4 Å². The average molecular weight is 872 g/mol. The number of H-pyrrole nitrogens is 3. The van der Waals surface area contributed by atoms with E-state index < -0.39 is 30.4 Å². The lowest BCUT2D eigenvalue weighted by atomic mass is 9.94. The van der Waals surface area contributed by atoms with Gasteiger partial charge in [-0.25, -0.2) is 19.6 Å². The van der Waals surface area contributed by atoms with E-state index in [-0.39, 0.29) is 35.7 Å². The van der Waals surface area contributed by atoms with Gasteiger partial charge in [-0.05, 0) is 73.9 Å². The summed E-state index contributed by atoms with van der Waals surface area (Å²) < 4.78 is 22.4. The number of ether oxygens (including phenoxy) is 3. The first-order chi connectivity index (χ1) is 30.9.